The summed E-state index contributed by atoms with van der Waals surface area (Å²) in [5.41, 5.74) is 4.97. The van der Waals surface area contributed by atoms with Crippen molar-refractivity contribution in [3.8, 4) is 5.75 Å². The minimum atomic E-state index is -0.871. The first-order chi connectivity index (χ1) is 11.5. The Labute approximate surface area is 142 Å². The lowest BCUT2D eigenvalue weighted by Crippen LogP contribution is -2.47. The van der Waals surface area contributed by atoms with E-state index in [4.69, 9.17) is 4.74 Å². The SMILES string of the molecule is CSc1ncccc1C(=O)NNC(=O)C(C)Oc1ccc(F)cc1. The molecule has 24 heavy (non-hydrogen) atoms. The summed E-state index contributed by atoms with van der Waals surface area (Å²) in [7, 11) is 0. The van der Waals surface area contributed by atoms with E-state index in [2.05, 4.69) is 15.8 Å². The van der Waals surface area contributed by atoms with Gasteiger partial charge in [0.2, 0.25) is 0 Å². The van der Waals surface area contributed by atoms with Crippen LogP contribution >= 0.6 is 11.8 Å². The van der Waals surface area contributed by atoms with Gasteiger partial charge in [-0.3, -0.25) is 20.4 Å². The predicted octanol–water partition coefficient (Wildman–Crippen LogP) is 2.17. The van der Waals surface area contributed by atoms with Gasteiger partial charge in [-0.15, -0.1) is 11.8 Å². The zero-order chi connectivity index (χ0) is 17.5. The minimum absolute atomic E-state index is 0.349. The molecule has 0 saturated carbocycles. The number of pyridine rings is 1. The van der Waals surface area contributed by atoms with Gasteiger partial charge in [0.25, 0.3) is 11.8 Å². The molecular weight excluding hydrogens is 333 g/mol. The number of hydrogen-bond donors (Lipinski definition) is 2. The summed E-state index contributed by atoms with van der Waals surface area (Å²) in [6.07, 6.45) is 2.51. The van der Waals surface area contributed by atoms with Crippen LogP contribution in [0.5, 0.6) is 5.75 Å². The van der Waals surface area contributed by atoms with Gasteiger partial charge in [-0.25, -0.2) is 9.37 Å². The lowest BCUT2D eigenvalue weighted by atomic mass is 10.3. The second kappa shape index (κ2) is 8.30. The van der Waals surface area contributed by atoms with Gasteiger partial charge in [0.05, 0.1) is 5.56 Å². The summed E-state index contributed by atoms with van der Waals surface area (Å²) in [5.74, 6) is -1.06. The second-order valence-corrected chi connectivity index (χ2v) is 5.51. The summed E-state index contributed by atoms with van der Waals surface area (Å²) in [5, 5.41) is 0.555. The molecule has 0 spiro atoms. The maximum absolute atomic E-state index is 12.8. The Bertz CT molecular complexity index is 725. The third-order valence-corrected chi connectivity index (χ3v) is 3.72. The third-order valence-electron chi connectivity index (χ3n) is 3.00. The number of nitrogens with zero attached hydrogens (tertiary/aromatic N) is 1. The van der Waals surface area contributed by atoms with Gasteiger partial charge in [-0.05, 0) is 49.6 Å². The van der Waals surface area contributed by atoms with Crippen molar-refractivity contribution < 1.29 is 18.7 Å². The highest BCUT2D eigenvalue weighted by Gasteiger charge is 2.17. The average Bonchev–Trinajstić information content (AvgIpc) is 2.61. The summed E-state index contributed by atoms with van der Waals surface area (Å²) < 4.78 is 18.2. The Morgan fingerprint density at radius 1 is 1.21 bits per heavy atom. The van der Waals surface area contributed by atoms with Gasteiger partial charge < -0.3 is 4.74 Å². The monoisotopic (exact) mass is 349 g/mol. The molecule has 0 saturated heterocycles. The number of rotatable bonds is 5. The molecule has 126 valence electrons. The van der Waals surface area contributed by atoms with E-state index in [0.717, 1.165) is 0 Å². The first-order valence-electron chi connectivity index (χ1n) is 7.02. The molecule has 1 unspecified atom stereocenters. The van der Waals surface area contributed by atoms with Gasteiger partial charge >= 0.3 is 0 Å². The van der Waals surface area contributed by atoms with E-state index >= 15 is 0 Å². The fourth-order valence-electron chi connectivity index (χ4n) is 1.78. The molecule has 0 radical (unpaired) electrons. The number of nitrogens with one attached hydrogen (secondary N) is 2. The van der Waals surface area contributed by atoms with Crippen LogP contribution < -0.4 is 15.6 Å². The molecule has 0 aliphatic carbocycles. The van der Waals surface area contributed by atoms with Crippen LogP contribution in [0, 0.1) is 5.82 Å². The van der Waals surface area contributed by atoms with Crippen molar-refractivity contribution in [3.63, 3.8) is 0 Å². The summed E-state index contributed by atoms with van der Waals surface area (Å²) in [4.78, 5) is 28.1. The van der Waals surface area contributed by atoms with Gasteiger partial charge in [-0.2, -0.15) is 0 Å². The van der Waals surface area contributed by atoms with Crippen LogP contribution in [0.1, 0.15) is 17.3 Å². The largest absolute Gasteiger partial charge is 0.481 e. The molecule has 8 heteroatoms. The highest BCUT2D eigenvalue weighted by molar-refractivity contribution is 7.98. The molecule has 1 heterocycles. The average molecular weight is 349 g/mol. The Balaban J connectivity index is 1.90. The van der Waals surface area contributed by atoms with Crippen LogP contribution in [-0.2, 0) is 4.79 Å². The Morgan fingerprint density at radius 2 is 1.92 bits per heavy atom. The number of carbonyl (C=O) groups excluding carboxylic acids is 2. The highest BCUT2D eigenvalue weighted by Crippen LogP contribution is 2.16. The van der Waals surface area contributed by atoms with E-state index in [1.807, 2.05) is 0 Å². The zero-order valence-electron chi connectivity index (χ0n) is 13.1. The zero-order valence-corrected chi connectivity index (χ0v) is 13.9. The Hall–Kier alpha value is -2.61. The van der Waals surface area contributed by atoms with E-state index in [0.29, 0.717) is 16.3 Å². The quantitative estimate of drug-likeness (QED) is 0.639. The van der Waals surface area contributed by atoms with Crippen LogP contribution in [0.25, 0.3) is 0 Å². The third kappa shape index (κ3) is 4.69. The number of hydrazine groups is 1. The lowest BCUT2D eigenvalue weighted by Gasteiger charge is -2.15. The second-order valence-electron chi connectivity index (χ2n) is 4.72. The van der Waals surface area contributed by atoms with Crippen LogP contribution in [0.15, 0.2) is 47.6 Å². The smallest absolute Gasteiger partial charge is 0.279 e. The lowest BCUT2D eigenvalue weighted by molar-refractivity contribution is -0.128. The highest BCUT2D eigenvalue weighted by atomic mass is 32.2. The van der Waals surface area contributed by atoms with E-state index in [-0.39, 0.29) is 0 Å². The maximum atomic E-state index is 12.8. The van der Waals surface area contributed by atoms with Crippen molar-refractivity contribution in [1.29, 1.82) is 0 Å². The maximum Gasteiger partial charge on any atom is 0.279 e. The number of halogens is 1. The number of ether oxygens (including phenoxy) is 1. The molecule has 0 bridgehead atoms. The molecule has 2 N–H and O–H groups in total. The van der Waals surface area contributed by atoms with Gasteiger partial charge in [-0.1, -0.05) is 0 Å². The number of aromatic nitrogens is 1. The van der Waals surface area contributed by atoms with Crippen LogP contribution in [0.4, 0.5) is 4.39 Å². The molecule has 2 amide bonds. The molecule has 6 nitrogen and oxygen atoms in total. The van der Waals surface area contributed by atoms with Crippen LogP contribution in [0.3, 0.4) is 0 Å². The molecule has 1 atom stereocenters. The molecule has 0 fully saturated rings. The summed E-state index contributed by atoms with van der Waals surface area (Å²) in [6.45, 7) is 1.52. The van der Waals surface area contributed by atoms with Crippen molar-refractivity contribution in [3.05, 3.63) is 54.0 Å². The van der Waals surface area contributed by atoms with Gasteiger partial charge in [0.1, 0.15) is 16.6 Å². The van der Waals surface area contributed by atoms with Gasteiger partial charge in [0, 0.05) is 6.20 Å². The number of carbonyl (C=O) groups is 2. The van der Waals surface area contributed by atoms with Crippen molar-refractivity contribution in [2.45, 2.75) is 18.1 Å². The molecule has 0 aliphatic rings. The number of thioether (sulfide) groups is 1. The summed E-state index contributed by atoms with van der Waals surface area (Å²) >= 11 is 1.33. The number of amides is 2. The van der Waals surface area contributed by atoms with Crippen LogP contribution in [0.2, 0.25) is 0 Å². The number of benzene rings is 1. The minimum Gasteiger partial charge on any atom is -0.481 e. The van der Waals surface area contributed by atoms with Crippen molar-refractivity contribution in [2.75, 3.05) is 6.26 Å². The molecule has 1 aromatic heterocycles. The van der Waals surface area contributed by atoms with Crippen LogP contribution in [-0.4, -0.2) is 29.2 Å². The summed E-state index contributed by atoms with van der Waals surface area (Å²) in [6, 6.07) is 8.54. The van der Waals surface area contributed by atoms with Crippen molar-refractivity contribution in [1.82, 2.24) is 15.8 Å². The van der Waals surface area contributed by atoms with E-state index in [1.54, 1.807) is 24.6 Å². The first-order valence-corrected chi connectivity index (χ1v) is 8.25. The predicted molar refractivity (Wildman–Crippen MR) is 88.1 cm³/mol. The Kier molecular flexibility index (Phi) is 6.14. The Morgan fingerprint density at radius 3 is 2.58 bits per heavy atom. The normalized spacial score (nSPS) is 11.5. The molecule has 1 aromatic carbocycles. The van der Waals surface area contributed by atoms with Crippen molar-refractivity contribution in [2.24, 2.45) is 0 Å². The number of hydrogen-bond acceptors (Lipinski definition) is 5. The standard InChI is InChI=1S/C16H16FN3O3S/c1-10(23-12-7-5-11(17)6-8-12)14(21)19-20-15(22)13-4-3-9-18-16(13)24-2/h3-10H,1-2H3,(H,19,21)(H,20,22). The molecule has 2 aromatic rings. The van der Waals surface area contributed by atoms with E-state index in [1.165, 1.54) is 43.0 Å². The topological polar surface area (TPSA) is 80.3 Å². The fraction of sp³-hybridized carbons (Fsp3) is 0.188. The van der Waals surface area contributed by atoms with Crippen molar-refractivity contribution >= 4 is 23.6 Å². The molecule has 2 rings (SSSR count). The molecular formula is C16H16FN3O3S. The first kappa shape index (κ1) is 17.7. The van der Waals surface area contributed by atoms with Gasteiger partial charge in [0.15, 0.2) is 6.10 Å². The van der Waals surface area contributed by atoms with E-state index in [9.17, 15) is 14.0 Å². The molecule has 0 aliphatic heterocycles. The van der Waals surface area contributed by atoms with E-state index < -0.39 is 23.7 Å². The fourth-order valence-corrected chi connectivity index (χ4v) is 2.33.